The fraction of sp³-hybridized carbons (Fsp3) is 0.375. The van der Waals surface area contributed by atoms with Gasteiger partial charge in [-0.25, -0.2) is 0 Å². The van der Waals surface area contributed by atoms with Gasteiger partial charge in [0.1, 0.15) is 5.75 Å². The number of anilines is 1. The van der Waals surface area contributed by atoms with Crippen molar-refractivity contribution in [2.75, 3.05) is 33.1 Å². The Balaban J connectivity index is 2.01. The highest BCUT2D eigenvalue weighted by Gasteiger charge is 2.15. The molecule has 0 bridgehead atoms. The molecule has 1 atom stereocenters. The van der Waals surface area contributed by atoms with Crippen molar-refractivity contribution in [2.24, 2.45) is 17.8 Å². The molecular formula is C16H24N6O. The quantitative estimate of drug-likeness (QED) is 0.623. The Kier molecular flexibility index (Phi) is 5.59. The number of nitrogens with zero attached hydrogens (tertiary/aromatic N) is 4. The molecule has 124 valence electrons. The maximum atomic E-state index is 5.98. The summed E-state index contributed by atoms with van der Waals surface area (Å²) in [6.07, 6.45) is 3.85. The zero-order valence-electron chi connectivity index (χ0n) is 14.0. The van der Waals surface area contributed by atoms with Crippen LogP contribution in [0.4, 0.5) is 5.69 Å². The zero-order valence-corrected chi connectivity index (χ0v) is 14.0. The summed E-state index contributed by atoms with van der Waals surface area (Å²) >= 11 is 0. The second-order valence-corrected chi connectivity index (χ2v) is 5.51. The van der Waals surface area contributed by atoms with E-state index in [0.29, 0.717) is 12.5 Å². The highest BCUT2D eigenvalue weighted by molar-refractivity contribution is 5.92. The van der Waals surface area contributed by atoms with Crippen LogP contribution in [0.2, 0.25) is 0 Å². The normalized spacial score (nSPS) is 13.2. The molecule has 0 fully saturated rings. The van der Waals surface area contributed by atoms with E-state index in [1.165, 1.54) is 0 Å². The third-order valence-corrected chi connectivity index (χ3v) is 3.53. The first kappa shape index (κ1) is 16.8. The Hall–Kier alpha value is -2.54. The van der Waals surface area contributed by atoms with E-state index >= 15 is 0 Å². The first-order valence-corrected chi connectivity index (χ1v) is 7.35. The van der Waals surface area contributed by atoms with Crippen LogP contribution < -0.4 is 15.8 Å². The number of guanidine groups is 1. The van der Waals surface area contributed by atoms with Gasteiger partial charge in [-0.15, -0.1) is 0 Å². The topological polar surface area (TPSA) is 80.7 Å². The van der Waals surface area contributed by atoms with E-state index in [1.54, 1.807) is 11.8 Å². The van der Waals surface area contributed by atoms with Crippen molar-refractivity contribution in [2.45, 2.75) is 6.04 Å². The van der Waals surface area contributed by atoms with Gasteiger partial charge in [-0.05, 0) is 38.4 Å². The molecule has 0 spiro atoms. The molecule has 1 heterocycles. The molecular weight excluding hydrogens is 292 g/mol. The molecule has 7 nitrogen and oxygen atoms in total. The van der Waals surface area contributed by atoms with Gasteiger partial charge in [0.05, 0.1) is 25.9 Å². The van der Waals surface area contributed by atoms with Crippen LogP contribution in [0, 0.1) is 0 Å². The predicted octanol–water partition coefficient (Wildman–Crippen LogP) is 1.46. The molecule has 1 unspecified atom stereocenters. The summed E-state index contributed by atoms with van der Waals surface area (Å²) in [5.41, 5.74) is 7.96. The Bertz CT molecular complexity index is 647. The number of nitrogens with one attached hydrogen (secondary N) is 1. The smallest absolute Gasteiger partial charge is 0.193 e. The van der Waals surface area contributed by atoms with Crippen LogP contribution in [-0.4, -0.2) is 48.4 Å². The van der Waals surface area contributed by atoms with Crippen molar-refractivity contribution in [3.05, 3.63) is 42.2 Å². The lowest BCUT2D eigenvalue weighted by atomic mass is 10.1. The van der Waals surface area contributed by atoms with Crippen molar-refractivity contribution in [3.8, 4) is 5.75 Å². The minimum atomic E-state index is 0.125. The lowest BCUT2D eigenvalue weighted by Crippen LogP contribution is -2.27. The van der Waals surface area contributed by atoms with Crippen molar-refractivity contribution < 1.29 is 4.74 Å². The second-order valence-electron chi connectivity index (χ2n) is 5.51. The molecule has 0 aliphatic heterocycles. The third kappa shape index (κ3) is 4.72. The van der Waals surface area contributed by atoms with Crippen LogP contribution in [0.1, 0.15) is 11.6 Å². The average molecular weight is 316 g/mol. The van der Waals surface area contributed by atoms with E-state index in [2.05, 4.69) is 20.3 Å². The molecule has 7 heteroatoms. The number of aryl methyl sites for hydroxylation is 1. The number of hydrogen-bond donors (Lipinski definition) is 2. The Labute approximate surface area is 136 Å². The van der Waals surface area contributed by atoms with Gasteiger partial charge in [0.15, 0.2) is 5.96 Å². The number of aromatic nitrogens is 2. The highest BCUT2D eigenvalue weighted by Crippen LogP contribution is 2.18. The van der Waals surface area contributed by atoms with Gasteiger partial charge in [-0.3, -0.25) is 9.67 Å². The van der Waals surface area contributed by atoms with Crippen LogP contribution in [0.3, 0.4) is 0 Å². The molecule has 0 radical (unpaired) electrons. The summed E-state index contributed by atoms with van der Waals surface area (Å²) in [6.45, 7) is 0.549. The molecule has 0 amide bonds. The van der Waals surface area contributed by atoms with Gasteiger partial charge in [-0.2, -0.15) is 5.10 Å². The number of ether oxygens (including phenoxy) is 1. The number of rotatable bonds is 6. The zero-order chi connectivity index (χ0) is 16.8. The third-order valence-electron chi connectivity index (χ3n) is 3.53. The van der Waals surface area contributed by atoms with E-state index in [4.69, 9.17) is 10.5 Å². The number of nitrogens with two attached hydrogens (primary N) is 1. The first-order chi connectivity index (χ1) is 11.0. The monoisotopic (exact) mass is 316 g/mol. The number of hydrogen-bond acceptors (Lipinski definition) is 4. The van der Waals surface area contributed by atoms with E-state index in [0.717, 1.165) is 17.0 Å². The second kappa shape index (κ2) is 7.64. The van der Waals surface area contributed by atoms with Crippen LogP contribution in [-0.2, 0) is 7.05 Å². The molecule has 0 aliphatic carbocycles. The van der Waals surface area contributed by atoms with E-state index in [9.17, 15) is 0 Å². The van der Waals surface area contributed by atoms with E-state index in [-0.39, 0.29) is 6.04 Å². The van der Waals surface area contributed by atoms with Crippen molar-refractivity contribution >= 4 is 11.6 Å². The van der Waals surface area contributed by atoms with E-state index in [1.807, 2.05) is 57.8 Å². The van der Waals surface area contributed by atoms with Crippen molar-refractivity contribution in [1.29, 1.82) is 0 Å². The fourth-order valence-corrected chi connectivity index (χ4v) is 2.23. The SMILES string of the molecule is COc1ccc(NC(N)=NCC(c2cnn(C)c2)N(C)C)cc1. The molecule has 2 aromatic rings. The van der Waals surface area contributed by atoms with Gasteiger partial charge in [0, 0.05) is 24.5 Å². The standard InChI is InChI=1S/C16H24N6O/c1-21(2)15(12-9-19-22(3)11-12)10-18-16(17)20-13-5-7-14(23-4)8-6-13/h5-9,11,15H,10H2,1-4H3,(H3,17,18,20). The van der Waals surface area contributed by atoms with Gasteiger partial charge in [0.2, 0.25) is 0 Å². The van der Waals surface area contributed by atoms with Crippen molar-refractivity contribution in [1.82, 2.24) is 14.7 Å². The maximum Gasteiger partial charge on any atom is 0.193 e. The molecule has 0 saturated heterocycles. The molecule has 1 aromatic heterocycles. The first-order valence-electron chi connectivity index (χ1n) is 7.35. The number of methoxy groups -OCH3 is 1. The minimum absolute atomic E-state index is 0.125. The van der Waals surface area contributed by atoms with E-state index < -0.39 is 0 Å². The summed E-state index contributed by atoms with van der Waals surface area (Å²) < 4.78 is 6.91. The van der Waals surface area contributed by atoms with Gasteiger partial charge in [-0.1, -0.05) is 0 Å². The van der Waals surface area contributed by atoms with Crippen LogP contribution in [0.5, 0.6) is 5.75 Å². The fourth-order valence-electron chi connectivity index (χ4n) is 2.23. The number of likely N-dealkylation sites (N-methyl/N-ethyl adjacent to an activating group) is 1. The molecule has 3 N–H and O–H groups in total. The summed E-state index contributed by atoms with van der Waals surface area (Å²) in [5.74, 6) is 1.18. The lowest BCUT2D eigenvalue weighted by molar-refractivity contribution is 0.306. The van der Waals surface area contributed by atoms with Gasteiger partial charge >= 0.3 is 0 Å². The van der Waals surface area contributed by atoms with Gasteiger partial charge in [0.25, 0.3) is 0 Å². The van der Waals surface area contributed by atoms with Crippen LogP contribution >= 0.6 is 0 Å². The Morgan fingerprint density at radius 3 is 2.61 bits per heavy atom. The predicted molar refractivity (Wildman–Crippen MR) is 92.7 cm³/mol. The lowest BCUT2D eigenvalue weighted by Gasteiger charge is -2.21. The summed E-state index contributed by atoms with van der Waals surface area (Å²) in [7, 11) is 7.57. The average Bonchev–Trinajstić information content (AvgIpc) is 2.94. The number of aliphatic imine (C=N–C) groups is 1. The molecule has 0 saturated carbocycles. The molecule has 0 aliphatic rings. The summed E-state index contributed by atoms with van der Waals surface area (Å²) in [6, 6.07) is 7.65. The largest absolute Gasteiger partial charge is 0.497 e. The summed E-state index contributed by atoms with van der Waals surface area (Å²) in [5, 5.41) is 7.29. The van der Waals surface area contributed by atoms with Crippen molar-refractivity contribution in [3.63, 3.8) is 0 Å². The minimum Gasteiger partial charge on any atom is -0.497 e. The Morgan fingerprint density at radius 2 is 2.09 bits per heavy atom. The number of benzene rings is 1. The molecule has 1 aromatic carbocycles. The summed E-state index contributed by atoms with van der Waals surface area (Å²) in [4.78, 5) is 6.54. The molecule has 2 rings (SSSR count). The molecule has 23 heavy (non-hydrogen) atoms. The van der Waals surface area contributed by atoms with Crippen LogP contribution in [0.15, 0.2) is 41.7 Å². The Morgan fingerprint density at radius 1 is 1.39 bits per heavy atom. The van der Waals surface area contributed by atoms with Gasteiger partial charge < -0.3 is 20.7 Å². The van der Waals surface area contributed by atoms with Crippen LogP contribution in [0.25, 0.3) is 0 Å². The maximum absolute atomic E-state index is 5.98. The highest BCUT2D eigenvalue weighted by atomic mass is 16.5.